The fourth-order valence-corrected chi connectivity index (χ4v) is 5.80. The van der Waals surface area contributed by atoms with E-state index in [1.807, 2.05) is 12.1 Å². The lowest BCUT2D eigenvalue weighted by Crippen LogP contribution is -2.42. The first-order valence-electron chi connectivity index (χ1n) is 11.4. The van der Waals surface area contributed by atoms with Crippen LogP contribution in [0.25, 0.3) is 0 Å². The van der Waals surface area contributed by atoms with Crippen LogP contribution in [0.3, 0.4) is 0 Å². The molecule has 2 amide bonds. The van der Waals surface area contributed by atoms with E-state index in [1.165, 1.54) is 22.9 Å². The van der Waals surface area contributed by atoms with Gasteiger partial charge in [-0.25, -0.2) is 22.6 Å². The Labute approximate surface area is 194 Å². The molecule has 178 valence electrons. The van der Waals surface area contributed by atoms with E-state index >= 15 is 0 Å². The van der Waals surface area contributed by atoms with Crippen molar-refractivity contribution in [1.29, 1.82) is 0 Å². The fraction of sp³-hybridized carbons (Fsp3) is 0.478. The topological polar surface area (TPSA) is 85.8 Å². The molecule has 2 saturated heterocycles. The summed E-state index contributed by atoms with van der Waals surface area (Å²) in [7, 11) is -3.73. The molecule has 33 heavy (non-hydrogen) atoms. The maximum atomic E-state index is 13.2. The van der Waals surface area contributed by atoms with E-state index in [1.54, 1.807) is 11.1 Å². The Balaban J connectivity index is 1.35. The summed E-state index contributed by atoms with van der Waals surface area (Å²) in [6.45, 7) is 3.58. The summed E-state index contributed by atoms with van der Waals surface area (Å²) in [4.78, 5) is 21.4. The van der Waals surface area contributed by atoms with E-state index in [9.17, 15) is 17.6 Å². The van der Waals surface area contributed by atoms with Crippen molar-refractivity contribution in [3.63, 3.8) is 0 Å². The lowest BCUT2D eigenvalue weighted by molar-refractivity contribution is 0.200. The minimum atomic E-state index is -3.73. The van der Waals surface area contributed by atoms with Gasteiger partial charge in [-0.05, 0) is 56.0 Å². The quantitative estimate of drug-likeness (QED) is 0.719. The van der Waals surface area contributed by atoms with Crippen molar-refractivity contribution >= 4 is 21.9 Å². The van der Waals surface area contributed by atoms with Gasteiger partial charge in [0, 0.05) is 57.6 Å². The van der Waals surface area contributed by atoms with Gasteiger partial charge in [0.25, 0.3) is 0 Å². The van der Waals surface area contributed by atoms with Gasteiger partial charge < -0.3 is 15.1 Å². The molecule has 2 fully saturated rings. The highest BCUT2D eigenvalue weighted by Crippen LogP contribution is 2.22. The van der Waals surface area contributed by atoms with Crippen LogP contribution < -0.4 is 10.2 Å². The monoisotopic (exact) mass is 475 g/mol. The maximum Gasteiger partial charge on any atom is 0.317 e. The third kappa shape index (κ3) is 5.62. The highest BCUT2D eigenvalue weighted by atomic mass is 32.2. The largest absolute Gasteiger partial charge is 0.356 e. The van der Waals surface area contributed by atoms with Crippen molar-refractivity contribution in [3.05, 3.63) is 54.0 Å². The molecule has 1 aromatic carbocycles. The molecule has 1 N–H and O–H groups in total. The van der Waals surface area contributed by atoms with Crippen LogP contribution in [-0.4, -0.2) is 67.9 Å². The van der Waals surface area contributed by atoms with Crippen LogP contribution in [0, 0.1) is 5.82 Å². The number of benzene rings is 1. The minimum Gasteiger partial charge on any atom is -0.356 e. The van der Waals surface area contributed by atoms with Crippen molar-refractivity contribution in [2.24, 2.45) is 0 Å². The Bertz CT molecular complexity index is 1060. The number of urea groups is 1. The van der Waals surface area contributed by atoms with Gasteiger partial charge >= 0.3 is 6.03 Å². The molecular formula is C23H30FN5O3S. The smallest absolute Gasteiger partial charge is 0.317 e. The second-order valence-corrected chi connectivity index (χ2v) is 10.3. The Kier molecular flexibility index (Phi) is 7.44. The van der Waals surface area contributed by atoms with Crippen LogP contribution in [0.2, 0.25) is 0 Å². The number of nitrogens with one attached hydrogen (secondary N) is 1. The summed E-state index contributed by atoms with van der Waals surface area (Å²) >= 11 is 0. The van der Waals surface area contributed by atoms with Crippen LogP contribution in [-0.2, 0) is 16.6 Å². The zero-order valence-corrected chi connectivity index (χ0v) is 19.4. The number of carbonyl (C=O) groups excluding carboxylic acids is 1. The number of rotatable bonds is 5. The van der Waals surface area contributed by atoms with E-state index in [2.05, 4.69) is 15.2 Å². The average molecular weight is 476 g/mol. The molecule has 1 aromatic heterocycles. The molecule has 4 rings (SSSR count). The number of carbonyl (C=O) groups is 1. The molecule has 0 atom stereocenters. The van der Waals surface area contributed by atoms with Gasteiger partial charge in [0.1, 0.15) is 11.6 Å². The van der Waals surface area contributed by atoms with Crippen LogP contribution in [0.1, 0.15) is 31.2 Å². The SMILES string of the molecule is O=C(NCc1cccnc1N1CCCCC1)N1CCCN(S(=O)(=O)c2ccc(F)cc2)CC1. The zero-order chi connectivity index (χ0) is 23.3. The van der Waals surface area contributed by atoms with Crippen molar-refractivity contribution < 1.29 is 17.6 Å². The maximum absolute atomic E-state index is 13.2. The van der Waals surface area contributed by atoms with Gasteiger partial charge in [-0.15, -0.1) is 0 Å². The summed E-state index contributed by atoms with van der Waals surface area (Å²) < 4.78 is 40.3. The van der Waals surface area contributed by atoms with E-state index in [-0.39, 0.29) is 24.0 Å². The molecule has 2 aliphatic heterocycles. The molecule has 10 heteroatoms. The first-order valence-corrected chi connectivity index (χ1v) is 12.9. The number of amides is 2. The molecular weight excluding hydrogens is 445 g/mol. The Morgan fingerprint density at radius 3 is 2.45 bits per heavy atom. The molecule has 0 unspecified atom stereocenters. The number of nitrogens with zero attached hydrogens (tertiary/aromatic N) is 4. The summed E-state index contributed by atoms with van der Waals surface area (Å²) in [5.74, 6) is 0.439. The zero-order valence-electron chi connectivity index (χ0n) is 18.6. The van der Waals surface area contributed by atoms with E-state index in [0.29, 0.717) is 26.1 Å². The second kappa shape index (κ2) is 10.5. The predicted octanol–water partition coefficient (Wildman–Crippen LogP) is 2.82. The number of piperidine rings is 1. The molecule has 8 nitrogen and oxygen atoms in total. The van der Waals surface area contributed by atoms with E-state index in [0.717, 1.165) is 49.4 Å². The number of hydrogen-bond acceptors (Lipinski definition) is 5. The molecule has 2 aromatic rings. The molecule has 0 spiro atoms. The fourth-order valence-electron chi connectivity index (χ4n) is 4.33. The summed E-state index contributed by atoms with van der Waals surface area (Å²) in [5.41, 5.74) is 0.975. The Morgan fingerprint density at radius 2 is 1.70 bits per heavy atom. The highest BCUT2D eigenvalue weighted by Gasteiger charge is 2.28. The van der Waals surface area contributed by atoms with Crippen LogP contribution in [0.5, 0.6) is 0 Å². The molecule has 0 radical (unpaired) electrons. The number of hydrogen-bond donors (Lipinski definition) is 1. The van der Waals surface area contributed by atoms with Gasteiger partial charge in [-0.1, -0.05) is 6.07 Å². The summed E-state index contributed by atoms with van der Waals surface area (Å²) in [6, 6.07) is 8.46. The number of halogens is 1. The number of pyridine rings is 1. The van der Waals surface area contributed by atoms with Crippen LogP contribution >= 0.6 is 0 Å². The highest BCUT2D eigenvalue weighted by molar-refractivity contribution is 7.89. The first-order chi connectivity index (χ1) is 15.9. The van der Waals surface area contributed by atoms with Crippen LogP contribution in [0.15, 0.2) is 47.5 Å². The first kappa shape index (κ1) is 23.4. The van der Waals surface area contributed by atoms with Crippen molar-refractivity contribution in [2.45, 2.75) is 37.1 Å². The second-order valence-electron chi connectivity index (χ2n) is 8.39. The average Bonchev–Trinajstić information content (AvgIpc) is 3.11. The lowest BCUT2D eigenvalue weighted by Gasteiger charge is -2.29. The third-order valence-electron chi connectivity index (χ3n) is 6.15. The van der Waals surface area contributed by atoms with E-state index < -0.39 is 15.8 Å². The molecule has 3 heterocycles. The Hall–Kier alpha value is -2.72. The number of sulfonamides is 1. The molecule has 0 aliphatic carbocycles. The van der Waals surface area contributed by atoms with Crippen LogP contribution in [0.4, 0.5) is 15.0 Å². The normalized spacial score (nSPS) is 18.1. The van der Waals surface area contributed by atoms with Crippen molar-refractivity contribution in [1.82, 2.24) is 19.5 Å². The Morgan fingerprint density at radius 1 is 0.939 bits per heavy atom. The van der Waals surface area contributed by atoms with Gasteiger partial charge in [-0.2, -0.15) is 4.31 Å². The summed E-state index contributed by atoms with van der Waals surface area (Å²) in [6.07, 6.45) is 5.83. The molecule has 0 bridgehead atoms. The van der Waals surface area contributed by atoms with Gasteiger partial charge in [-0.3, -0.25) is 0 Å². The summed E-state index contributed by atoms with van der Waals surface area (Å²) in [5, 5.41) is 2.98. The van der Waals surface area contributed by atoms with Gasteiger partial charge in [0.15, 0.2) is 0 Å². The number of aromatic nitrogens is 1. The number of anilines is 1. The van der Waals surface area contributed by atoms with Crippen molar-refractivity contribution in [2.75, 3.05) is 44.2 Å². The predicted molar refractivity (Wildman–Crippen MR) is 124 cm³/mol. The third-order valence-corrected chi connectivity index (χ3v) is 8.06. The van der Waals surface area contributed by atoms with Gasteiger partial charge in [0.05, 0.1) is 4.90 Å². The van der Waals surface area contributed by atoms with Gasteiger partial charge in [0.2, 0.25) is 10.0 Å². The molecule has 2 aliphatic rings. The lowest BCUT2D eigenvalue weighted by atomic mass is 10.1. The standard InChI is InChI=1S/C23H30FN5O3S/c24-20-7-9-21(10-8-20)33(31,32)29-15-5-14-28(16-17-29)23(30)26-18-19-6-4-11-25-22(19)27-12-2-1-3-13-27/h4,6-11H,1-3,5,12-18H2,(H,26,30). The molecule has 0 saturated carbocycles. The van der Waals surface area contributed by atoms with Crippen molar-refractivity contribution in [3.8, 4) is 0 Å². The van der Waals surface area contributed by atoms with E-state index in [4.69, 9.17) is 0 Å². The minimum absolute atomic E-state index is 0.0589.